The third-order valence-corrected chi connectivity index (χ3v) is 2.49. The van der Waals surface area contributed by atoms with E-state index in [1.165, 1.54) is 0 Å². The monoisotopic (exact) mass is 193 g/mol. The van der Waals surface area contributed by atoms with E-state index in [-0.39, 0.29) is 12.4 Å². The van der Waals surface area contributed by atoms with Gasteiger partial charge in [0.1, 0.15) is 5.04 Å². The molecule has 56 valence electrons. The molecule has 1 aromatic rings. The Morgan fingerprint density at radius 1 is 1.70 bits per heavy atom. The highest BCUT2D eigenvalue weighted by Crippen LogP contribution is 2.16. The highest BCUT2D eigenvalue weighted by molar-refractivity contribution is 7.97. The zero-order valence-electron chi connectivity index (χ0n) is 5.42. The van der Waals surface area contributed by atoms with Crippen LogP contribution in [0.2, 0.25) is 0 Å². The van der Waals surface area contributed by atoms with Crippen molar-refractivity contribution in [3.63, 3.8) is 0 Å². The molecule has 0 aliphatic heterocycles. The van der Waals surface area contributed by atoms with Crippen molar-refractivity contribution in [2.75, 3.05) is 0 Å². The topological polar surface area (TPSA) is 23.9 Å². The van der Waals surface area contributed by atoms with Gasteiger partial charge in [0.05, 0.1) is 4.88 Å². The average molecular weight is 194 g/mol. The summed E-state index contributed by atoms with van der Waals surface area (Å²) in [5.74, 6) is 0. The Morgan fingerprint density at radius 2 is 2.30 bits per heavy atom. The first-order chi connectivity index (χ1) is 4.22. The van der Waals surface area contributed by atoms with Crippen LogP contribution in [0.5, 0.6) is 0 Å². The molecule has 1 N–H and O–H groups in total. The largest absolute Gasteiger partial charge is 0.293 e. The Hall–Kier alpha value is 0.01000. The highest BCUT2D eigenvalue weighted by Gasteiger charge is 1.99. The second kappa shape index (κ2) is 4.01. The number of thiol groups is 1. The van der Waals surface area contributed by atoms with Gasteiger partial charge in [-0.2, -0.15) is 0 Å². The summed E-state index contributed by atoms with van der Waals surface area (Å²) in [4.78, 5) is 0.971. The zero-order chi connectivity index (χ0) is 6.85. The molecule has 0 fully saturated rings. The van der Waals surface area contributed by atoms with Crippen LogP contribution in [-0.4, -0.2) is 5.04 Å². The molecule has 0 aliphatic carbocycles. The van der Waals surface area contributed by atoms with Gasteiger partial charge in [-0.3, -0.25) is 5.41 Å². The van der Waals surface area contributed by atoms with Gasteiger partial charge in [-0.25, -0.2) is 0 Å². The normalized spacial score (nSPS) is 8.60. The first-order valence-corrected chi connectivity index (χ1v) is 3.86. The number of hydrogen-bond acceptors (Lipinski definition) is 2. The Kier molecular flexibility index (Phi) is 4.01. The van der Waals surface area contributed by atoms with Crippen LogP contribution >= 0.6 is 36.4 Å². The first-order valence-electron chi connectivity index (χ1n) is 2.54. The summed E-state index contributed by atoms with van der Waals surface area (Å²) in [5, 5.41) is 9.50. The summed E-state index contributed by atoms with van der Waals surface area (Å²) in [5.41, 5.74) is 1.14. The predicted molar refractivity (Wildman–Crippen MR) is 52.1 cm³/mol. The smallest absolute Gasteiger partial charge is 0.102 e. The van der Waals surface area contributed by atoms with Gasteiger partial charge in [0.2, 0.25) is 0 Å². The van der Waals surface area contributed by atoms with Gasteiger partial charge < -0.3 is 0 Å². The van der Waals surface area contributed by atoms with Crippen LogP contribution in [-0.2, 0) is 0 Å². The van der Waals surface area contributed by atoms with Crippen molar-refractivity contribution < 1.29 is 0 Å². The van der Waals surface area contributed by atoms with E-state index in [9.17, 15) is 0 Å². The van der Waals surface area contributed by atoms with Gasteiger partial charge in [0.15, 0.2) is 0 Å². The van der Waals surface area contributed by atoms with Gasteiger partial charge in [-0.1, -0.05) is 0 Å². The van der Waals surface area contributed by atoms with E-state index < -0.39 is 0 Å². The SMILES string of the molecule is Cc1ccsc1C(=N)S.Cl. The summed E-state index contributed by atoms with van der Waals surface area (Å²) >= 11 is 5.47. The van der Waals surface area contributed by atoms with Crippen LogP contribution < -0.4 is 0 Å². The Labute approximate surface area is 75.8 Å². The van der Waals surface area contributed by atoms with Crippen LogP contribution in [0.15, 0.2) is 11.4 Å². The van der Waals surface area contributed by atoms with Crippen molar-refractivity contribution in [3.8, 4) is 0 Å². The van der Waals surface area contributed by atoms with E-state index >= 15 is 0 Å². The zero-order valence-corrected chi connectivity index (χ0v) is 7.95. The molecular formula is C6H8ClNS2. The first kappa shape index (κ1) is 10.0. The maximum atomic E-state index is 7.17. The molecule has 0 radical (unpaired) electrons. The van der Waals surface area contributed by atoms with Crippen molar-refractivity contribution >= 4 is 41.4 Å². The minimum absolute atomic E-state index is 0. The summed E-state index contributed by atoms with van der Waals surface area (Å²) in [7, 11) is 0. The number of halogens is 1. The molecule has 1 aromatic heterocycles. The van der Waals surface area contributed by atoms with Crippen molar-refractivity contribution in [1.29, 1.82) is 5.41 Å². The number of rotatable bonds is 1. The summed E-state index contributed by atoms with van der Waals surface area (Å²) in [6, 6.07) is 1.99. The Morgan fingerprint density at radius 3 is 2.50 bits per heavy atom. The molecule has 0 saturated heterocycles. The van der Waals surface area contributed by atoms with Crippen molar-refractivity contribution in [1.82, 2.24) is 0 Å². The van der Waals surface area contributed by atoms with E-state index in [0.29, 0.717) is 5.04 Å². The summed E-state index contributed by atoms with van der Waals surface area (Å²) < 4.78 is 0. The molecule has 1 heterocycles. The van der Waals surface area contributed by atoms with E-state index in [1.54, 1.807) is 11.3 Å². The lowest BCUT2D eigenvalue weighted by Crippen LogP contribution is -1.84. The van der Waals surface area contributed by atoms with Crippen molar-refractivity contribution in [2.45, 2.75) is 6.92 Å². The summed E-state index contributed by atoms with van der Waals surface area (Å²) in [6.45, 7) is 1.98. The van der Waals surface area contributed by atoms with Crippen molar-refractivity contribution in [3.05, 3.63) is 21.9 Å². The number of hydrogen-bond donors (Lipinski definition) is 2. The maximum Gasteiger partial charge on any atom is 0.102 e. The molecule has 1 nitrogen and oxygen atoms in total. The lowest BCUT2D eigenvalue weighted by Gasteiger charge is -1.90. The van der Waals surface area contributed by atoms with Gasteiger partial charge in [-0.15, -0.1) is 36.4 Å². The second-order valence-electron chi connectivity index (χ2n) is 1.78. The van der Waals surface area contributed by atoms with Crippen LogP contribution in [0.4, 0.5) is 0 Å². The molecule has 0 saturated carbocycles. The van der Waals surface area contributed by atoms with E-state index in [4.69, 9.17) is 5.41 Å². The standard InChI is InChI=1S/C6H7NS2.ClH/c1-4-2-3-9-5(4)6(7)8;/h2-3H,1H3,(H2,7,8);1H. The fourth-order valence-electron chi connectivity index (χ4n) is 0.615. The molecule has 0 bridgehead atoms. The number of aryl methyl sites for hydroxylation is 1. The highest BCUT2D eigenvalue weighted by atomic mass is 35.5. The van der Waals surface area contributed by atoms with Crippen LogP contribution in [0.25, 0.3) is 0 Å². The molecule has 0 unspecified atom stereocenters. The molecule has 0 aliphatic rings. The minimum Gasteiger partial charge on any atom is -0.293 e. The fraction of sp³-hybridized carbons (Fsp3) is 0.167. The maximum absolute atomic E-state index is 7.17. The molecule has 1 rings (SSSR count). The minimum atomic E-state index is 0. The van der Waals surface area contributed by atoms with E-state index in [2.05, 4.69) is 12.6 Å². The third-order valence-electron chi connectivity index (χ3n) is 1.08. The lowest BCUT2D eigenvalue weighted by molar-refractivity contribution is 1.50. The molecular weight excluding hydrogens is 186 g/mol. The Balaban J connectivity index is 0.000000810. The molecule has 0 atom stereocenters. The predicted octanol–water partition coefficient (Wildman–Crippen LogP) is 2.73. The second-order valence-corrected chi connectivity index (χ2v) is 3.14. The van der Waals surface area contributed by atoms with Gasteiger partial charge in [0, 0.05) is 0 Å². The third kappa shape index (κ3) is 2.01. The fourth-order valence-corrected chi connectivity index (χ4v) is 1.72. The van der Waals surface area contributed by atoms with Gasteiger partial charge in [-0.05, 0) is 23.9 Å². The van der Waals surface area contributed by atoms with Gasteiger partial charge in [0.25, 0.3) is 0 Å². The molecule has 0 amide bonds. The number of nitrogens with one attached hydrogen (secondary N) is 1. The van der Waals surface area contributed by atoms with Crippen molar-refractivity contribution in [2.24, 2.45) is 0 Å². The van der Waals surface area contributed by atoms with Crippen LogP contribution in [0.1, 0.15) is 10.4 Å². The van der Waals surface area contributed by atoms with Crippen LogP contribution in [0, 0.1) is 12.3 Å². The summed E-state index contributed by atoms with van der Waals surface area (Å²) in [6.07, 6.45) is 0. The van der Waals surface area contributed by atoms with Crippen LogP contribution in [0.3, 0.4) is 0 Å². The molecule has 0 aromatic carbocycles. The molecule has 0 spiro atoms. The average Bonchev–Trinajstić information content (AvgIpc) is 2.13. The quantitative estimate of drug-likeness (QED) is 0.390. The number of thiophene rings is 1. The lowest BCUT2D eigenvalue weighted by atomic mass is 10.3. The molecule has 10 heavy (non-hydrogen) atoms. The van der Waals surface area contributed by atoms with E-state index in [1.807, 2.05) is 18.4 Å². The Bertz CT molecular complexity index is 231. The van der Waals surface area contributed by atoms with Gasteiger partial charge >= 0.3 is 0 Å². The molecule has 4 heteroatoms. The van der Waals surface area contributed by atoms with E-state index in [0.717, 1.165) is 10.4 Å².